The summed E-state index contributed by atoms with van der Waals surface area (Å²) in [6, 6.07) is 4.02. The fraction of sp³-hybridized carbons (Fsp3) is 0.200. The lowest BCUT2D eigenvalue weighted by atomic mass is 10.2. The van der Waals surface area contributed by atoms with Gasteiger partial charge in [-0.1, -0.05) is 0 Å². The summed E-state index contributed by atoms with van der Waals surface area (Å²) in [5, 5.41) is 9.99. The molecular weight excluding hydrogens is 256 g/mol. The van der Waals surface area contributed by atoms with Crippen LogP contribution in [-0.2, 0) is 0 Å². The Morgan fingerprint density at radius 1 is 1.53 bits per heavy atom. The average molecular weight is 267 g/mol. The van der Waals surface area contributed by atoms with E-state index in [2.05, 4.69) is 43.4 Å². The van der Waals surface area contributed by atoms with Gasteiger partial charge in [-0.3, -0.25) is 5.10 Å². The van der Waals surface area contributed by atoms with Crippen molar-refractivity contribution in [2.75, 3.05) is 5.32 Å². The number of nitrogens with zero attached hydrogens (tertiary/aromatic N) is 2. The number of aromatic amines is 1. The largest absolute Gasteiger partial charge is 0.362 e. The first kappa shape index (κ1) is 10.2. The topological polar surface area (TPSA) is 53.6 Å². The predicted octanol–water partition coefficient (Wildman–Crippen LogP) is 2.74. The maximum atomic E-state index is 4.24. The van der Waals surface area contributed by atoms with Gasteiger partial charge >= 0.3 is 0 Å². The van der Waals surface area contributed by atoms with Crippen LogP contribution < -0.4 is 5.32 Å². The molecule has 2 N–H and O–H groups in total. The molecule has 0 spiro atoms. The highest BCUT2D eigenvalue weighted by Crippen LogP contribution is 2.23. The summed E-state index contributed by atoms with van der Waals surface area (Å²) in [5.74, 6) is 0.839. The number of nitrogens with one attached hydrogen (secondary N) is 2. The molecule has 5 heteroatoms. The molecule has 15 heavy (non-hydrogen) atoms. The summed E-state index contributed by atoms with van der Waals surface area (Å²) in [4.78, 5) is 4.24. The van der Waals surface area contributed by atoms with E-state index in [-0.39, 0.29) is 6.04 Å². The molecular formula is C10H11BrN4. The number of hydrogen-bond acceptors (Lipinski definition) is 3. The SMILES string of the molecule is CC(Nc1ncccc1Br)c1cn[nH]c1. The number of H-pyrrole nitrogens is 1. The van der Waals surface area contributed by atoms with Gasteiger partial charge in [0.05, 0.1) is 16.7 Å². The highest BCUT2D eigenvalue weighted by atomic mass is 79.9. The van der Waals surface area contributed by atoms with Crippen LogP contribution in [0.2, 0.25) is 0 Å². The molecule has 1 atom stereocenters. The summed E-state index contributed by atoms with van der Waals surface area (Å²) in [7, 11) is 0. The highest BCUT2D eigenvalue weighted by molar-refractivity contribution is 9.10. The van der Waals surface area contributed by atoms with Crippen LogP contribution in [0.25, 0.3) is 0 Å². The molecule has 0 radical (unpaired) electrons. The van der Waals surface area contributed by atoms with E-state index in [9.17, 15) is 0 Å². The van der Waals surface area contributed by atoms with Crippen LogP contribution >= 0.6 is 15.9 Å². The maximum absolute atomic E-state index is 4.24. The van der Waals surface area contributed by atoms with E-state index >= 15 is 0 Å². The van der Waals surface area contributed by atoms with Crippen LogP contribution in [0.1, 0.15) is 18.5 Å². The van der Waals surface area contributed by atoms with Crippen molar-refractivity contribution in [3.63, 3.8) is 0 Å². The van der Waals surface area contributed by atoms with Gasteiger partial charge in [0.15, 0.2) is 0 Å². The minimum Gasteiger partial charge on any atom is -0.362 e. The van der Waals surface area contributed by atoms with E-state index in [1.165, 1.54) is 0 Å². The Balaban J connectivity index is 2.13. The number of rotatable bonds is 3. The van der Waals surface area contributed by atoms with E-state index < -0.39 is 0 Å². The van der Waals surface area contributed by atoms with E-state index in [4.69, 9.17) is 0 Å². The molecule has 2 aromatic rings. The Kier molecular flexibility index (Phi) is 3.01. The van der Waals surface area contributed by atoms with E-state index in [0.29, 0.717) is 0 Å². The van der Waals surface area contributed by atoms with Crippen LogP contribution in [-0.4, -0.2) is 15.2 Å². The summed E-state index contributed by atoms with van der Waals surface area (Å²) in [6.45, 7) is 2.06. The standard InChI is InChI=1S/C10H11BrN4/c1-7(8-5-13-14-6-8)15-10-9(11)3-2-4-12-10/h2-7H,1H3,(H,12,15)(H,13,14). The minimum atomic E-state index is 0.176. The third-order valence-corrected chi connectivity index (χ3v) is 2.77. The van der Waals surface area contributed by atoms with Crippen molar-refractivity contribution < 1.29 is 0 Å². The molecule has 0 aliphatic heterocycles. The van der Waals surface area contributed by atoms with Crippen molar-refractivity contribution >= 4 is 21.7 Å². The molecule has 2 rings (SSSR count). The monoisotopic (exact) mass is 266 g/mol. The molecule has 0 aliphatic carbocycles. The quantitative estimate of drug-likeness (QED) is 0.899. The van der Waals surface area contributed by atoms with E-state index in [1.807, 2.05) is 18.3 Å². The summed E-state index contributed by atoms with van der Waals surface area (Å²) >= 11 is 3.44. The van der Waals surface area contributed by atoms with Crippen LogP contribution in [0.3, 0.4) is 0 Å². The average Bonchev–Trinajstić information content (AvgIpc) is 2.74. The second-order valence-electron chi connectivity index (χ2n) is 3.23. The Bertz CT molecular complexity index is 427. The maximum Gasteiger partial charge on any atom is 0.140 e. The second-order valence-corrected chi connectivity index (χ2v) is 4.09. The molecule has 2 heterocycles. The van der Waals surface area contributed by atoms with Crippen LogP contribution in [0.4, 0.5) is 5.82 Å². The van der Waals surface area contributed by atoms with Crippen molar-refractivity contribution in [3.8, 4) is 0 Å². The van der Waals surface area contributed by atoms with Gasteiger partial charge in [-0.05, 0) is 35.0 Å². The zero-order valence-corrected chi connectivity index (χ0v) is 9.82. The highest BCUT2D eigenvalue weighted by Gasteiger charge is 2.08. The third-order valence-electron chi connectivity index (χ3n) is 2.13. The van der Waals surface area contributed by atoms with Crippen LogP contribution in [0, 0.1) is 0 Å². The van der Waals surface area contributed by atoms with Crippen molar-refractivity contribution in [2.24, 2.45) is 0 Å². The first-order valence-electron chi connectivity index (χ1n) is 4.63. The molecule has 0 fully saturated rings. The number of pyridine rings is 1. The molecule has 1 unspecified atom stereocenters. The lowest BCUT2D eigenvalue weighted by Gasteiger charge is -2.13. The first-order chi connectivity index (χ1) is 7.27. The fourth-order valence-electron chi connectivity index (χ4n) is 1.28. The first-order valence-corrected chi connectivity index (χ1v) is 5.42. The van der Waals surface area contributed by atoms with Crippen molar-refractivity contribution in [1.29, 1.82) is 0 Å². The fourth-order valence-corrected chi connectivity index (χ4v) is 1.65. The second kappa shape index (κ2) is 4.44. The van der Waals surface area contributed by atoms with Gasteiger partial charge in [-0.25, -0.2) is 4.98 Å². The zero-order chi connectivity index (χ0) is 10.7. The molecule has 0 amide bonds. The molecule has 78 valence electrons. The zero-order valence-electron chi connectivity index (χ0n) is 8.24. The summed E-state index contributed by atoms with van der Waals surface area (Å²) < 4.78 is 0.959. The number of hydrogen-bond donors (Lipinski definition) is 2. The van der Waals surface area contributed by atoms with E-state index in [0.717, 1.165) is 15.9 Å². The van der Waals surface area contributed by atoms with Gasteiger partial charge < -0.3 is 5.32 Å². The summed E-state index contributed by atoms with van der Waals surface area (Å²) in [5.41, 5.74) is 1.10. The lowest BCUT2D eigenvalue weighted by Crippen LogP contribution is -2.07. The van der Waals surface area contributed by atoms with Gasteiger partial charge in [0.2, 0.25) is 0 Å². The summed E-state index contributed by atoms with van der Waals surface area (Å²) in [6.07, 6.45) is 5.43. The Morgan fingerprint density at radius 3 is 3.07 bits per heavy atom. The minimum absolute atomic E-state index is 0.176. The molecule has 0 aliphatic rings. The number of halogens is 1. The molecule has 2 aromatic heterocycles. The Labute approximate surface area is 96.3 Å². The molecule has 0 aromatic carbocycles. The van der Waals surface area contributed by atoms with Crippen molar-refractivity contribution in [1.82, 2.24) is 15.2 Å². The number of anilines is 1. The Morgan fingerprint density at radius 2 is 2.40 bits per heavy atom. The van der Waals surface area contributed by atoms with Gasteiger partial charge in [-0.15, -0.1) is 0 Å². The normalized spacial score (nSPS) is 12.4. The Hall–Kier alpha value is -1.36. The van der Waals surface area contributed by atoms with E-state index in [1.54, 1.807) is 12.4 Å². The van der Waals surface area contributed by atoms with Gasteiger partial charge in [0.1, 0.15) is 5.82 Å². The molecule has 0 saturated carbocycles. The lowest BCUT2D eigenvalue weighted by molar-refractivity contribution is 0.874. The third kappa shape index (κ3) is 2.36. The number of aromatic nitrogens is 3. The van der Waals surface area contributed by atoms with Crippen LogP contribution in [0.15, 0.2) is 35.2 Å². The van der Waals surface area contributed by atoms with Gasteiger partial charge in [0, 0.05) is 18.0 Å². The van der Waals surface area contributed by atoms with Crippen molar-refractivity contribution in [2.45, 2.75) is 13.0 Å². The smallest absolute Gasteiger partial charge is 0.140 e. The van der Waals surface area contributed by atoms with Crippen LogP contribution in [0.5, 0.6) is 0 Å². The van der Waals surface area contributed by atoms with Crippen molar-refractivity contribution in [3.05, 3.63) is 40.8 Å². The predicted molar refractivity (Wildman–Crippen MR) is 62.6 cm³/mol. The molecule has 0 saturated heterocycles. The van der Waals surface area contributed by atoms with Gasteiger partial charge in [-0.2, -0.15) is 5.10 Å². The molecule has 4 nitrogen and oxygen atoms in total. The molecule has 0 bridgehead atoms. The van der Waals surface area contributed by atoms with Gasteiger partial charge in [0.25, 0.3) is 0 Å².